The van der Waals surface area contributed by atoms with E-state index in [1.807, 2.05) is 10.3 Å². The van der Waals surface area contributed by atoms with Crippen molar-refractivity contribution in [3.63, 3.8) is 0 Å². The number of carbonyl (C=O) groups excluding carboxylic acids is 1. The van der Waals surface area contributed by atoms with Crippen molar-refractivity contribution < 1.29 is 4.79 Å². The van der Waals surface area contributed by atoms with E-state index in [9.17, 15) is 4.79 Å². The van der Waals surface area contributed by atoms with Crippen LogP contribution in [-0.4, -0.2) is 48.7 Å². The summed E-state index contributed by atoms with van der Waals surface area (Å²) < 4.78 is 1.59. The molecule has 8 heteroatoms. The molecule has 0 unspecified atom stereocenters. The van der Waals surface area contributed by atoms with Crippen LogP contribution in [0, 0.1) is 0 Å². The average molecular weight is 330 g/mol. The second-order valence-electron chi connectivity index (χ2n) is 5.14. The van der Waals surface area contributed by atoms with E-state index in [-0.39, 0.29) is 5.91 Å². The topological polar surface area (TPSA) is 76.3 Å². The fourth-order valence-electron chi connectivity index (χ4n) is 2.39. The van der Waals surface area contributed by atoms with Crippen LogP contribution < -0.4 is 0 Å². The zero-order chi connectivity index (χ0) is 16.2. The van der Waals surface area contributed by atoms with Gasteiger partial charge in [0.05, 0.1) is 0 Å². The van der Waals surface area contributed by atoms with Crippen LogP contribution in [0.25, 0.3) is 16.5 Å². The summed E-state index contributed by atoms with van der Waals surface area (Å²) in [6.45, 7) is 5.58. The van der Waals surface area contributed by atoms with Gasteiger partial charge in [-0.05, 0) is 25.0 Å². The van der Waals surface area contributed by atoms with Gasteiger partial charge in [-0.1, -0.05) is 13.8 Å². The summed E-state index contributed by atoms with van der Waals surface area (Å²) in [5.74, 6) is 0.497. The van der Waals surface area contributed by atoms with Crippen molar-refractivity contribution >= 4 is 22.9 Å². The van der Waals surface area contributed by atoms with Gasteiger partial charge in [0, 0.05) is 24.7 Å². The molecule has 0 bridgehead atoms. The molecule has 1 amide bonds. The van der Waals surface area contributed by atoms with E-state index in [4.69, 9.17) is 0 Å². The van der Waals surface area contributed by atoms with Gasteiger partial charge in [0.25, 0.3) is 5.91 Å². The third-order valence-electron chi connectivity index (χ3n) is 3.38. The molecule has 3 rings (SSSR count). The molecule has 0 aliphatic heterocycles. The van der Waals surface area contributed by atoms with Crippen LogP contribution in [-0.2, 0) is 0 Å². The van der Waals surface area contributed by atoms with Crippen LogP contribution in [0.1, 0.15) is 37.2 Å². The van der Waals surface area contributed by atoms with Crippen LogP contribution in [0.2, 0.25) is 0 Å². The van der Waals surface area contributed by atoms with Crippen molar-refractivity contribution in [2.24, 2.45) is 0 Å². The molecule has 0 radical (unpaired) electrons. The lowest BCUT2D eigenvalue weighted by atomic mass is 10.3. The Morgan fingerprint density at radius 3 is 2.65 bits per heavy atom. The van der Waals surface area contributed by atoms with Crippen molar-refractivity contribution in [2.45, 2.75) is 26.7 Å². The number of rotatable bonds is 6. The van der Waals surface area contributed by atoms with Gasteiger partial charge in [0.2, 0.25) is 5.82 Å². The van der Waals surface area contributed by atoms with Crippen LogP contribution in [0.4, 0.5) is 0 Å². The Bertz CT molecular complexity index is 792. The molecule has 0 aromatic carbocycles. The first-order valence-corrected chi connectivity index (χ1v) is 8.54. The summed E-state index contributed by atoms with van der Waals surface area (Å²) in [7, 11) is 0. The molecule has 0 N–H and O–H groups in total. The van der Waals surface area contributed by atoms with Crippen molar-refractivity contribution in [1.82, 2.24) is 29.7 Å². The molecule has 0 aliphatic carbocycles. The average Bonchev–Trinajstić information content (AvgIpc) is 3.22. The van der Waals surface area contributed by atoms with Gasteiger partial charge in [0.15, 0.2) is 10.7 Å². The Labute approximate surface area is 138 Å². The van der Waals surface area contributed by atoms with Gasteiger partial charge in [-0.25, -0.2) is 4.98 Å². The third kappa shape index (κ3) is 3.07. The zero-order valence-electron chi connectivity index (χ0n) is 13.1. The Morgan fingerprint density at radius 2 is 2.00 bits per heavy atom. The van der Waals surface area contributed by atoms with Gasteiger partial charge >= 0.3 is 0 Å². The van der Waals surface area contributed by atoms with E-state index in [1.54, 1.807) is 22.8 Å². The number of amides is 1. The fraction of sp³-hybridized carbons (Fsp3) is 0.400. The molecule has 3 heterocycles. The highest BCUT2D eigenvalue weighted by molar-refractivity contribution is 7.13. The summed E-state index contributed by atoms with van der Waals surface area (Å²) in [5, 5.41) is 15.3. The summed E-state index contributed by atoms with van der Waals surface area (Å²) in [5.41, 5.74) is 1.00. The quantitative estimate of drug-likeness (QED) is 0.694. The van der Waals surface area contributed by atoms with Gasteiger partial charge in [0.1, 0.15) is 5.69 Å². The van der Waals surface area contributed by atoms with Crippen molar-refractivity contribution in [2.75, 3.05) is 13.1 Å². The second kappa shape index (κ2) is 6.82. The van der Waals surface area contributed by atoms with Crippen LogP contribution in [0.3, 0.4) is 0 Å². The van der Waals surface area contributed by atoms with E-state index in [1.165, 1.54) is 11.3 Å². The molecule has 0 fully saturated rings. The maximum Gasteiger partial charge on any atom is 0.274 e. The number of carbonyl (C=O) groups is 1. The van der Waals surface area contributed by atoms with Crippen LogP contribution in [0.5, 0.6) is 0 Å². The number of hydrogen-bond donors (Lipinski definition) is 0. The molecule has 3 aromatic rings. The lowest BCUT2D eigenvalue weighted by Crippen LogP contribution is -2.33. The molecule has 23 heavy (non-hydrogen) atoms. The smallest absolute Gasteiger partial charge is 0.274 e. The first-order valence-electron chi connectivity index (χ1n) is 7.66. The Kier molecular flexibility index (Phi) is 4.61. The first kappa shape index (κ1) is 15.5. The first-order chi connectivity index (χ1) is 11.2. The highest BCUT2D eigenvalue weighted by Gasteiger charge is 2.18. The molecule has 0 atom stereocenters. The van der Waals surface area contributed by atoms with Crippen LogP contribution in [0.15, 0.2) is 23.7 Å². The second-order valence-corrected chi connectivity index (χ2v) is 6.04. The number of thiazole rings is 1. The van der Waals surface area contributed by atoms with E-state index in [0.717, 1.165) is 30.9 Å². The largest absolute Gasteiger partial charge is 0.337 e. The van der Waals surface area contributed by atoms with Crippen molar-refractivity contribution in [3.05, 3.63) is 29.4 Å². The Morgan fingerprint density at radius 1 is 1.22 bits per heavy atom. The maximum atomic E-state index is 12.7. The normalized spacial score (nSPS) is 11.0. The summed E-state index contributed by atoms with van der Waals surface area (Å²) in [6, 6.07) is 3.47. The fourth-order valence-corrected chi connectivity index (χ4v) is 2.99. The maximum absolute atomic E-state index is 12.7. The lowest BCUT2D eigenvalue weighted by molar-refractivity contribution is 0.0748. The van der Waals surface area contributed by atoms with E-state index in [2.05, 4.69) is 34.1 Å². The molecule has 7 nitrogen and oxygen atoms in total. The Hall–Kier alpha value is -2.35. The summed E-state index contributed by atoms with van der Waals surface area (Å²) >= 11 is 1.46. The van der Waals surface area contributed by atoms with Gasteiger partial charge in [-0.3, -0.25) is 4.79 Å². The number of nitrogens with zero attached hydrogens (tertiary/aromatic N) is 6. The van der Waals surface area contributed by atoms with Crippen LogP contribution >= 0.6 is 11.3 Å². The molecule has 0 saturated carbocycles. The molecule has 0 aliphatic rings. The molecule has 0 saturated heterocycles. The minimum Gasteiger partial charge on any atom is -0.337 e. The van der Waals surface area contributed by atoms with Crippen molar-refractivity contribution in [1.29, 1.82) is 0 Å². The van der Waals surface area contributed by atoms with Gasteiger partial charge in [-0.15, -0.1) is 21.5 Å². The number of aromatic nitrogens is 5. The number of fused-ring (bicyclic) bond motifs is 1. The highest BCUT2D eigenvalue weighted by Crippen LogP contribution is 2.19. The monoisotopic (exact) mass is 330 g/mol. The molecular weight excluding hydrogens is 312 g/mol. The van der Waals surface area contributed by atoms with E-state index >= 15 is 0 Å². The lowest BCUT2D eigenvalue weighted by Gasteiger charge is -2.20. The highest BCUT2D eigenvalue weighted by atomic mass is 32.1. The van der Waals surface area contributed by atoms with Gasteiger partial charge < -0.3 is 4.90 Å². The standard InChI is InChI=1S/C15H18N6OS/c1-3-8-20(9-4-2)15(22)11-5-6-12-17-18-13(21(12)19-11)14-16-7-10-23-14/h5-7,10H,3-4,8-9H2,1-2H3. The number of hydrogen-bond acceptors (Lipinski definition) is 6. The van der Waals surface area contributed by atoms with E-state index in [0.29, 0.717) is 17.2 Å². The minimum atomic E-state index is -0.0608. The molecule has 120 valence electrons. The molecule has 3 aromatic heterocycles. The van der Waals surface area contributed by atoms with Crippen molar-refractivity contribution in [3.8, 4) is 10.8 Å². The minimum absolute atomic E-state index is 0.0608. The zero-order valence-corrected chi connectivity index (χ0v) is 14.0. The molecular formula is C15H18N6OS. The third-order valence-corrected chi connectivity index (χ3v) is 4.15. The predicted octanol–water partition coefficient (Wildman–Crippen LogP) is 2.51. The summed E-state index contributed by atoms with van der Waals surface area (Å²) in [4.78, 5) is 18.8. The van der Waals surface area contributed by atoms with E-state index < -0.39 is 0 Å². The van der Waals surface area contributed by atoms with Gasteiger partial charge in [-0.2, -0.15) is 9.61 Å². The summed E-state index contributed by atoms with van der Waals surface area (Å²) in [6.07, 6.45) is 3.55. The Balaban J connectivity index is 1.98. The SMILES string of the molecule is CCCN(CCC)C(=O)c1ccc2nnc(-c3nccs3)n2n1. The molecule has 0 spiro atoms. The predicted molar refractivity (Wildman–Crippen MR) is 88.4 cm³/mol.